The summed E-state index contributed by atoms with van der Waals surface area (Å²) in [5.41, 5.74) is 1.11. The van der Waals surface area contributed by atoms with E-state index in [0.717, 1.165) is 24.3 Å². The molecule has 148 valence electrons. The average molecular weight is 379 g/mol. The second-order valence-corrected chi connectivity index (χ2v) is 5.33. The van der Waals surface area contributed by atoms with Gasteiger partial charge in [0, 0.05) is 13.1 Å². The Kier molecular flexibility index (Phi) is 11.8. The van der Waals surface area contributed by atoms with Crippen LogP contribution in [0.2, 0.25) is 0 Å². The number of carbonyl (C=O) groups is 2. The third-order valence-corrected chi connectivity index (χ3v) is 3.00. The first-order chi connectivity index (χ1) is 12.2. The first kappa shape index (κ1) is 23.7. The van der Waals surface area contributed by atoms with E-state index in [-0.39, 0.29) is 6.42 Å². The fourth-order valence-corrected chi connectivity index (χ4v) is 1.72. The zero-order valence-electron chi connectivity index (χ0n) is 14.5. The predicted molar refractivity (Wildman–Crippen MR) is 89.1 cm³/mol. The Labute approximate surface area is 150 Å². The van der Waals surface area contributed by atoms with Crippen molar-refractivity contribution in [2.45, 2.75) is 45.3 Å². The number of unbranched alkanes of at least 4 members (excludes halogenated alkanes) is 2. The Balaban J connectivity index is 0.000000758. The molecule has 0 aromatic heterocycles. The number of carboxylic acid groups (broad SMARTS) is 2. The third kappa shape index (κ3) is 13.1. The number of ether oxygens (including phenoxy) is 1. The summed E-state index contributed by atoms with van der Waals surface area (Å²) >= 11 is 0. The van der Waals surface area contributed by atoms with Gasteiger partial charge < -0.3 is 20.3 Å². The summed E-state index contributed by atoms with van der Waals surface area (Å²) in [6, 6.07) is 7.92. The van der Waals surface area contributed by atoms with Crippen LogP contribution in [0.1, 0.15) is 38.2 Å². The highest BCUT2D eigenvalue weighted by Crippen LogP contribution is 2.14. The SMILES string of the molecule is CCCCCOc1cccc(CNCCC(=O)O)c1.O=C(O)C(F)(F)F. The van der Waals surface area contributed by atoms with Crippen molar-refractivity contribution in [3.05, 3.63) is 29.8 Å². The minimum Gasteiger partial charge on any atom is -0.494 e. The molecule has 0 fully saturated rings. The van der Waals surface area contributed by atoms with E-state index in [2.05, 4.69) is 12.2 Å². The second kappa shape index (κ2) is 13.0. The average Bonchev–Trinajstić information content (AvgIpc) is 2.56. The van der Waals surface area contributed by atoms with E-state index in [4.69, 9.17) is 19.7 Å². The van der Waals surface area contributed by atoms with Crippen LogP contribution in [0.4, 0.5) is 13.2 Å². The summed E-state index contributed by atoms with van der Waals surface area (Å²) in [6.07, 6.45) is -1.47. The molecule has 26 heavy (non-hydrogen) atoms. The van der Waals surface area contributed by atoms with Crippen molar-refractivity contribution in [1.82, 2.24) is 5.32 Å². The van der Waals surface area contributed by atoms with Crippen molar-refractivity contribution in [2.24, 2.45) is 0 Å². The molecule has 0 atom stereocenters. The number of rotatable bonds is 10. The van der Waals surface area contributed by atoms with Gasteiger partial charge in [-0.2, -0.15) is 13.2 Å². The molecule has 1 aromatic rings. The maximum atomic E-state index is 10.6. The van der Waals surface area contributed by atoms with Crippen LogP contribution in [0.3, 0.4) is 0 Å². The molecule has 0 aliphatic heterocycles. The minimum absolute atomic E-state index is 0.146. The summed E-state index contributed by atoms with van der Waals surface area (Å²) in [7, 11) is 0. The summed E-state index contributed by atoms with van der Waals surface area (Å²) in [5.74, 6) is -2.65. The standard InChI is InChI=1S/C15H23NO3.C2HF3O2/c1-2-3-4-10-19-14-7-5-6-13(11-14)12-16-9-8-15(17)18;3-2(4,5)1(6)7/h5-7,11,16H,2-4,8-10,12H2,1H3,(H,17,18);(H,6,7). The third-order valence-electron chi connectivity index (χ3n) is 3.00. The minimum atomic E-state index is -5.08. The molecular weight excluding hydrogens is 355 g/mol. The largest absolute Gasteiger partial charge is 0.494 e. The number of hydrogen-bond donors (Lipinski definition) is 3. The Morgan fingerprint density at radius 2 is 1.85 bits per heavy atom. The van der Waals surface area contributed by atoms with Crippen molar-refractivity contribution < 1.29 is 37.7 Å². The van der Waals surface area contributed by atoms with Gasteiger partial charge >= 0.3 is 18.1 Å². The molecule has 0 amide bonds. The van der Waals surface area contributed by atoms with Crippen LogP contribution in [0.5, 0.6) is 5.75 Å². The Morgan fingerprint density at radius 3 is 2.38 bits per heavy atom. The van der Waals surface area contributed by atoms with Gasteiger partial charge in [0.15, 0.2) is 0 Å². The molecule has 9 heteroatoms. The van der Waals surface area contributed by atoms with Gasteiger partial charge in [-0.25, -0.2) is 4.79 Å². The Hall–Kier alpha value is -2.29. The number of aliphatic carboxylic acids is 2. The fraction of sp³-hybridized carbons (Fsp3) is 0.529. The molecule has 0 radical (unpaired) electrons. The zero-order valence-corrected chi connectivity index (χ0v) is 14.5. The van der Waals surface area contributed by atoms with Gasteiger partial charge in [-0.05, 0) is 24.1 Å². The van der Waals surface area contributed by atoms with Gasteiger partial charge in [0.05, 0.1) is 13.0 Å². The first-order valence-electron chi connectivity index (χ1n) is 8.11. The molecule has 0 unspecified atom stereocenters. The molecule has 0 saturated heterocycles. The molecular formula is C17H24F3NO5. The maximum absolute atomic E-state index is 10.6. The highest BCUT2D eigenvalue weighted by atomic mass is 19.4. The monoisotopic (exact) mass is 379 g/mol. The van der Waals surface area contributed by atoms with Crippen LogP contribution in [0, 0.1) is 0 Å². The maximum Gasteiger partial charge on any atom is 0.490 e. The smallest absolute Gasteiger partial charge is 0.490 e. The van der Waals surface area contributed by atoms with Crippen molar-refractivity contribution in [2.75, 3.05) is 13.2 Å². The van der Waals surface area contributed by atoms with Gasteiger partial charge in [0.2, 0.25) is 0 Å². The molecule has 3 N–H and O–H groups in total. The van der Waals surface area contributed by atoms with E-state index in [1.54, 1.807) is 0 Å². The number of benzene rings is 1. The molecule has 1 rings (SSSR count). The number of alkyl halides is 3. The van der Waals surface area contributed by atoms with Crippen LogP contribution < -0.4 is 10.1 Å². The highest BCUT2D eigenvalue weighted by molar-refractivity contribution is 5.73. The number of nitrogens with one attached hydrogen (secondary N) is 1. The summed E-state index contributed by atoms with van der Waals surface area (Å²) in [6.45, 7) is 4.07. The first-order valence-corrected chi connectivity index (χ1v) is 8.11. The molecule has 6 nitrogen and oxygen atoms in total. The van der Waals surface area contributed by atoms with E-state index < -0.39 is 18.1 Å². The molecule has 1 aromatic carbocycles. The number of carboxylic acids is 2. The van der Waals surface area contributed by atoms with E-state index in [1.807, 2.05) is 24.3 Å². The van der Waals surface area contributed by atoms with E-state index in [0.29, 0.717) is 13.1 Å². The van der Waals surface area contributed by atoms with Gasteiger partial charge in [0.1, 0.15) is 5.75 Å². The summed E-state index contributed by atoms with van der Waals surface area (Å²) in [4.78, 5) is 19.3. The van der Waals surface area contributed by atoms with Gasteiger partial charge in [-0.3, -0.25) is 4.79 Å². The van der Waals surface area contributed by atoms with Crippen LogP contribution in [-0.4, -0.2) is 41.5 Å². The van der Waals surface area contributed by atoms with Crippen molar-refractivity contribution in [3.63, 3.8) is 0 Å². The predicted octanol–water partition coefficient (Wildman–Crippen LogP) is 3.45. The van der Waals surface area contributed by atoms with E-state index in [9.17, 15) is 18.0 Å². The lowest BCUT2D eigenvalue weighted by Crippen LogP contribution is -2.21. The van der Waals surface area contributed by atoms with Crippen LogP contribution in [0.15, 0.2) is 24.3 Å². The molecule has 0 saturated carbocycles. The molecule has 0 aliphatic carbocycles. The highest BCUT2D eigenvalue weighted by Gasteiger charge is 2.38. The quantitative estimate of drug-likeness (QED) is 0.539. The van der Waals surface area contributed by atoms with E-state index in [1.165, 1.54) is 12.8 Å². The Morgan fingerprint density at radius 1 is 1.19 bits per heavy atom. The van der Waals surface area contributed by atoms with Gasteiger partial charge in [-0.1, -0.05) is 31.9 Å². The van der Waals surface area contributed by atoms with E-state index >= 15 is 0 Å². The van der Waals surface area contributed by atoms with Crippen molar-refractivity contribution in [3.8, 4) is 5.75 Å². The topological polar surface area (TPSA) is 95.9 Å². The fourth-order valence-electron chi connectivity index (χ4n) is 1.72. The lowest BCUT2D eigenvalue weighted by atomic mass is 10.2. The molecule has 0 heterocycles. The molecule has 0 spiro atoms. The number of hydrogen-bond acceptors (Lipinski definition) is 4. The normalized spacial score (nSPS) is 10.6. The van der Waals surface area contributed by atoms with Crippen LogP contribution in [-0.2, 0) is 16.1 Å². The van der Waals surface area contributed by atoms with Gasteiger partial charge in [0.25, 0.3) is 0 Å². The summed E-state index contributed by atoms with van der Waals surface area (Å²) in [5, 5.41) is 18.8. The van der Waals surface area contributed by atoms with Crippen molar-refractivity contribution in [1.29, 1.82) is 0 Å². The Bertz CT molecular complexity index is 549. The number of halogens is 3. The van der Waals surface area contributed by atoms with Crippen LogP contribution in [0.25, 0.3) is 0 Å². The van der Waals surface area contributed by atoms with Gasteiger partial charge in [-0.15, -0.1) is 0 Å². The second-order valence-electron chi connectivity index (χ2n) is 5.33. The van der Waals surface area contributed by atoms with Crippen LogP contribution >= 0.6 is 0 Å². The lowest BCUT2D eigenvalue weighted by molar-refractivity contribution is -0.192. The molecule has 0 aliphatic rings. The lowest BCUT2D eigenvalue weighted by Gasteiger charge is -2.08. The molecule has 0 bridgehead atoms. The van der Waals surface area contributed by atoms with Crippen molar-refractivity contribution >= 4 is 11.9 Å². The summed E-state index contributed by atoms with van der Waals surface area (Å²) < 4.78 is 37.4. The zero-order chi connectivity index (χ0) is 20.0.